The highest BCUT2D eigenvalue weighted by molar-refractivity contribution is 5.80. The van der Waals surface area contributed by atoms with Gasteiger partial charge in [0.1, 0.15) is 0 Å². The molecule has 0 radical (unpaired) electrons. The van der Waals surface area contributed by atoms with E-state index in [1.807, 2.05) is 6.92 Å². The Kier molecular flexibility index (Phi) is 4.70. The molecule has 2 aliphatic heterocycles. The number of hydrogen-bond acceptors (Lipinski definition) is 3. The van der Waals surface area contributed by atoms with Crippen molar-refractivity contribution in [2.75, 3.05) is 32.8 Å². The van der Waals surface area contributed by atoms with Gasteiger partial charge in [0, 0.05) is 24.7 Å². The van der Waals surface area contributed by atoms with Gasteiger partial charge in [0.05, 0.1) is 19.1 Å². The molecule has 0 saturated carbocycles. The number of nitrogens with one attached hydrogen (secondary N) is 1. The minimum atomic E-state index is -4.28. The molecule has 0 bridgehead atoms. The zero-order chi connectivity index (χ0) is 14.8. The maximum atomic E-state index is 12.5. The van der Waals surface area contributed by atoms with Gasteiger partial charge in [-0.25, -0.2) is 0 Å². The monoisotopic (exact) mass is 292 g/mol. The third-order valence-electron chi connectivity index (χ3n) is 3.75. The average molecular weight is 292 g/mol. The predicted octanol–water partition coefficient (Wildman–Crippen LogP) is 1.33. The van der Waals surface area contributed by atoms with Crippen molar-refractivity contribution >= 4 is 5.91 Å². The smallest absolute Gasteiger partial charge is 0.379 e. The first-order valence-electron chi connectivity index (χ1n) is 6.79. The van der Waals surface area contributed by atoms with E-state index < -0.39 is 11.7 Å². The van der Waals surface area contributed by atoms with Crippen molar-refractivity contribution < 1.29 is 22.7 Å². The number of nitrogens with zero attached hydrogens (tertiary/aromatic N) is 1. The van der Waals surface area contributed by atoms with Crippen molar-refractivity contribution in [3.8, 4) is 0 Å². The van der Waals surface area contributed by atoms with Gasteiger partial charge in [-0.1, -0.05) is 13.0 Å². The standard InChI is InChI=1S/C13H19F3N2O2/c1-2-17-11-8-20-7-10(11)12(19)18-5-3-9(4-6-18)13(14,15)16/h3,10-11,17H,2,4-8H2,1H3. The first-order valence-corrected chi connectivity index (χ1v) is 6.79. The molecule has 4 nitrogen and oxygen atoms in total. The summed E-state index contributed by atoms with van der Waals surface area (Å²) in [5, 5.41) is 3.18. The molecule has 1 N–H and O–H groups in total. The first-order chi connectivity index (χ1) is 9.43. The van der Waals surface area contributed by atoms with E-state index in [0.29, 0.717) is 13.2 Å². The number of amides is 1. The van der Waals surface area contributed by atoms with Gasteiger partial charge in [0.15, 0.2) is 0 Å². The van der Waals surface area contributed by atoms with Crippen LogP contribution in [0.3, 0.4) is 0 Å². The third kappa shape index (κ3) is 3.32. The normalized spacial score (nSPS) is 27.6. The number of likely N-dealkylation sites (N-methyl/N-ethyl adjacent to an activating group) is 1. The molecule has 114 valence electrons. The molecule has 2 unspecified atom stereocenters. The number of ether oxygens (including phenoxy) is 1. The van der Waals surface area contributed by atoms with Gasteiger partial charge in [-0.3, -0.25) is 4.79 Å². The van der Waals surface area contributed by atoms with Crippen LogP contribution < -0.4 is 5.32 Å². The van der Waals surface area contributed by atoms with Gasteiger partial charge in [-0.2, -0.15) is 13.2 Å². The molecule has 2 heterocycles. The Morgan fingerprint density at radius 3 is 2.80 bits per heavy atom. The predicted molar refractivity (Wildman–Crippen MR) is 67.1 cm³/mol. The molecule has 1 fully saturated rings. The van der Waals surface area contributed by atoms with Gasteiger partial charge in [0.25, 0.3) is 0 Å². The third-order valence-corrected chi connectivity index (χ3v) is 3.75. The Bertz CT molecular complexity index is 396. The number of hydrogen-bond donors (Lipinski definition) is 1. The summed E-state index contributed by atoms with van der Waals surface area (Å²) in [6, 6.07) is -0.0412. The molecule has 1 amide bonds. The van der Waals surface area contributed by atoms with E-state index in [2.05, 4.69) is 5.32 Å². The lowest BCUT2D eigenvalue weighted by Crippen LogP contribution is -2.47. The van der Waals surface area contributed by atoms with Crippen molar-refractivity contribution in [2.24, 2.45) is 5.92 Å². The molecule has 0 aliphatic carbocycles. The molecule has 1 saturated heterocycles. The average Bonchev–Trinajstić information content (AvgIpc) is 2.86. The Hall–Kier alpha value is -1.08. The molecule has 0 aromatic carbocycles. The quantitative estimate of drug-likeness (QED) is 0.798. The molecule has 0 spiro atoms. The first kappa shape index (κ1) is 15.3. The molecule has 2 atom stereocenters. The Morgan fingerprint density at radius 1 is 1.50 bits per heavy atom. The van der Waals surface area contributed by atoms with Crippen LogP contribution in [0.15, 0.2) is 11.6 Å². The van der Waals surface area contributed by atoms with Gasteiger partial charge in [0.2, 0.25) is 5.91 Å². The van der Waals surface area contributed by atoms with Crippen LogP contribution in [-0.4, -0.2) is 55.9 Å². The summed E-state index contributed by atoms with van der Waals surface area (Å²) in [6.45, 7) is 3.64. The van der Waals surface area contributed by atoms with Crippen molar-refractivity contribution in [3.63, 3.8) is 0 Å². The van der Waals surface area contributed by atoms with E-state index >= 15 is 0 Å². The molecule has 2 aliphatic rings. The SMILES string of the molecule is CCNC1COCC1C(=O)N1CC=C(C(F)(F)F)CC1. The fourth-order valence-electron chi connectivity index (χ4n) is 2.62. The van der Waals surface area contributed by atoms with E-state index in [0.717, 1.165) is 12.6 Å². The number of halogens is 3. The molecular formula is C13H19F3N2O2. The molecule has 0 aromatic heterocycles. The second-order valence-electron chi connectivity index (χ2n) is 5.07. The lowest BCUT2D eigenvalue weighted by atomic mass is 10.00. The summed E-state index contributed by atoms with van der Waals surface area (Å²) < 4.78 is 42.9. The van der Waals surface area contributed by atoms with Crippen LogP contribution >= 0.6 is 0 Å². The zero-order valence-electron chi connectivity index (χ0n) is 11.4. The van der Waals surface area contributed by atoms with E-state index in [4.69, 9.17) is 4.74 Å². The summed E-state index contributed by atoms with van der Waals surface area (Å²) in [7, 11) is 0. The number of rotatable bonds is 3. The van der Waals surface area contributed by atoms with Crippen molar-refractivity contribution in [2.45, 2.75) is 25.6 Å². The van der Waals surface area contributed by atoms with Crippen molar-refractivity contribution in [1.29, 1.82) is 0 Å². The second kappa shape index (κ2) is 6.13. The Balaban J connectivity index is 1.96. The van der Waals surface area contributed by atoms with E-state index in [1.54, 1.807) is 0 Å². The molecule has 0 aromatic rings. The highest BCUT2D eigenvalue weighted by Crippen LogP contribution is 2.30. The van der Waals surface area contributed by atoms with Crippen molar-refractivity contribution in [1.82, 2.24) is 10.2 Å². The zero-order valence-corrected chi connectivity index (χ0v) is 11.4. The van der Waals surface area contributed by atoms with Crippen LogP contribution in [0.4, 0.5) is 13.2 Å². The number of alkyl halides is 3. The number of carbonyl (C=O) groups excluding carboxylic acids is 1. The minimum absolute atomic E-state index is 0.0308. The topological polar surface area (TPSA) is 41.6 Å². The summed E-state index contributed by atoms with van der Waals surface area (Å²) in [5.74, 6) is -0.415. The van der Waals surface area contributed by atoms with E-state index in [9.17, 15) is 18.0 Å². The van der Waals surface area contributed by atoms with Crippen LogP contribution in [-0.2, 0) is 9.53 Å². The van der Waals surface area contributed by atoms with Gasteiger partial charge in [-0.15, -0.1) is 0 Å². The molecule has 2 rings (SSSR count). The highest BCUT2D eigenvalue weighted by atomic mass is 19.4. The van der Waals surface area contributed by atoms with Crippen LogP contribution in [0.25, 0.3) is 0 Å². The molecule has 7 heteroatoms. The maximum absolute atomic E-state index is 12.5. The van der Waals surface area contributed by atoms with Gasteiger partial charge < -0.3 is 15.0 Å². The fourth-order valence-corrected chi connectivity index (χ4v) is 2.62. The summed E-state index contributed by atoms with van der Waals surface area (Å²) in [5.41, 5.74) is -0.535. The van der Waals surface area contributed by atoms with Crippen molar-refractivity contribution in [3.05, 3.63) is 11.6 Å². The molecular weight excluding hydrogens is 273 g/mol. The summed E-state index contributed by atoms with van der Waals surface area (Å²) in [4.78, 5) is 13.8. The van der Waals surface area contributed by atoms with Crippen LogP contribution in [0.1, 0.15) is 13.3 Å². The highest BCUT2D eigenvalue weighted by Gasteiger charge is 2.39. The van der Waals surface area contributed by atoms with Crippen LogP contribution in [0.5, 0.6) is 0 Å². The second-order valence-corrected chi connectivity index (χ2v) is 5.07. The minimum Gasteiger partial charge on any atom is -0.379 e. The summed E-state index contributed by atoms with van der Waals surface area (Å²) >= 11 is 0. The largest absolute Gasteiger partial charge is 0.412 e. The number of carbonyl (C=O) groups is 1. The Labute approximate surface area is 115 Å². The maximum Gasteiger partial charge on any atom is 0.412 e. The van der Waals surface area contributed by atoms with Crippen LogP contribution in [0.2, 0.25) is 0 Å². The lowest BCUT2D eigenvalue weighted by Gasteiger charge is -2.30. The van der Waals surface area contributed by atoms with Gasteiger partial charge >= 0.3 is 6.18 Å². The van der Waals surface area contributed by atoms with Crippen LogP contribution in [0, 0.1) is 5.92 Å². The lowest BCUT2D eigenvalue weighted by molar-refractivity contribution is -0.136. The summed E-state index contributed by atoms with van der Waals surface area (Å²) in [6.07, 6.45) is -3.30. The Morgan fingerprint density at radius 2 is 2.25 bits per heavy atom. The fraction of sp³-hybridized carbons (Fsp3) is 0.769. The van der Waals surface area contributed by atoms with Gasteiger partial charge in [-0.05, 0) is 13.0 Å². The van der Waals surface area contributed by atoms with E-state index in [-0.39, 0.29) is 37.4 Å². The van der Waals surface area contributed by atoms with E-state index in [1.165, 1.54) is 4.90 Å². The molecule has 20 heavy (non-hydrogen) atoms.